The van der Waals surface area contributed by atoms with Crippen LogP contribution < -0.4 is 0 Å². The number of ether oxygens (including phenoxy) is 1. The van der Waals surface area contributed by atoms with Crippen molar-refractivity contribution >= 4 is 27.5 Å². The zero-order valence-corrected chi connectivity index (χ0v) is 20.4. The molecular weight excluding hydrogens is 456 g/mol. The molecule has 0 spiro atoms. The van der Waals surface area contributed by atoms with E-state index in [1.54, 1.807) is 45.2 Å². The average Bonchev–Trinajstić information content (AvgIpc) is 3.10. The van der Waals surface area contributed by atoms with Crippen molar-refractivity contribution in [2.75, 3.05) is 33.4 Å². The lowest BCUT2D eigenvalue weighted by atomic mass is 9.95. The number of likely N-dealkylation sites (tertiary alicyclic amines) is 1. The number of benzene rings is 2. The fourth-order valence-corrected chi connectivity index (χ4v) is 5.58. The van der Waals surface area contributed by atoms with Gasteiger partial charge in [0.2, 0.25) is 10.0 Å². The largest absolute Gasteiger partial charge is 0.507 e. The standard InChI is InChI=1S/C25H30N2O6S/c1-4-26(5-2)34(31,32)20-14-12-19(13-15-20)23(28)21-22(18-10-7-6-8-11-18)27(16-9-17-33-3)25(30)24(21)29/h6-8,10-15,22,28H,4-5,9,16-17H2,1-3H3/b23-21+/t22-/m1/s1. The highest BCUT2D eigenvalue weighted by molar-refractivity contribution is 7.89. The van der Waals surface area contributed by atoms with Crippen LogP contribution in [0.1, 0.15) is 37.4 Å². The van der Waals surface area contributed by atoms with Gasteiger partial charge in [-0.15, -0.1) is 0 Å². The van der Waals surface area contributed by atoms with Gasteiger partial charge in [-0.25, -0.2) is 8.42 Å². The second kappa shape index (κ2) is 10.9. The highest BCUT2D eigenvalue weighted by atomic mass is 32.2. The number of hydrogen-bond acceptors (Lipinski definition) is 6. The number of amides is 1. The molecule has 3 rings (SSSR count). The van der Waals surface area contributed by atoms with Gasteiger partial charge in [0, 0.05) is 38.9 Å². The molecule has 0 unspecified atom stereocenters. The molecule has 9 heteroatoms. The zero-order valence-electron chi connectivity index (χ0n) is 19.6. The van der Waals surface area contributed by atoms with E-state index in [2.05, 4.69) is 0 Å². The number of carbonyl (C=O) groups is 2. The molecule has 0 aliphatic carbocycles. The number of ketones is 1. The van der Waals surface area contributed by atoms with Gasteiger partial charge in [-0.3, -0.25) is 9.59 Å². The Morgan fingerprint density at radius 1 is 1.03 bits per heavy atom. The van der Waals surface area contributed by atoms with E-state index in [4.69, 9.17) is 4.74 Å². The van der Waals surface area contributed by atoms with Gasteiger partial charge >= 0.3 is 0 Å². The quantitative estimate of drug-likeness (QED) is 0.239. The van der Waals surface area contributed by atoms with E-state index >= 15 is 0 Å². The number of sulfonamides is 1. The molecule has 1 aliphatic heterocycles. The lowest BCUT2D eigenvalue weighted by Gasteiger charge is -2.25. The van der Waals surface area contributed by atoms with Crippen molar-refractivity contribution in [1.82, 2.24) is 9.21 Å². The average molecular weight is 487 g/mol. The molecule has 1 fully saturated rings. The summed E-state index contributed by atoms with van der Waals surface area (Å²) in [5, 5.41) is 11.1. The summed E-state index contributed by atoms with van der Waals surface area (Å²) in [6, 6.07) is 14.0. The maximum absolute atomic E-state index is 13.0. The molecule has 182 valence electrons. The van der Waals surface area contributed by atoms with Crippen LogP contribution in [0.3, 0.4) is 0 Å². The summed E-state index contributed by atoms with van der Waals surface area (Å²) < 4.78 is 32.0. The van der Waals surface area contributed by atoms with Crippen molar-refractivity contribution in [2.24, 2.45) is 0 Å². The van der Waals surface area contributed by atoms with Crippen LogP contribution in [0.4, 0.5) is 0 Å². The van der Waals surface area contributed by atoms with Crippen molar-refractivity contribution in [3.63, 3.8) is 0 Å². The highest BCUT2D eigenvalue weighted by Crippen LogP contribution is 2.39. The third-order valence-electron chi connectivity index (χ3n) is 5.87. The van der Waals surface area contributed by atoms with Gasteiger partial charge in [0.05, 0.1) is 16.5 Å². The Morgan fingerprint density at radius 2 is 1.65 bits per heavy atom. The molecule has 1 amide bonds. The van der Waals surface area contributed by atoms with Crippen LogP contribution in [0.2, 0.25) is 0 Å². The van der Waals surface area contributed by atoms with Crippen LogP contribution in [0.5, 0.6) is 0 Å². The Labute approximate surface area is 200 Å². The van der Waals surface area contributed by atoms with E-state index in [0.29, 0.717) is 31.7 Å². The minimum absolute atomic E-state index is 0.0204. The molecular formula is C25H30N2O6S. The molecule has 0 bridgehead atoms. The molecule has 1 aliphatic rings. The van der Waals surface area contributed by atoms with Crippen molar-refractivity contribution in [3.05, 3.63) is 71.3 Å². The van der Waals surface area contributed by atoms with E-state index in [9.17, 15) is 23.1 Å². The molecule has 2 aromatic carbocycles. The third kappa shape index (κ3) is 4.91. The molecule has 1 saturated heterocycles. The molecule has 0 saturated carbocycles. The second-order valence-electron chi connectivity index (χ2n) is 7.86. The monoisotopic (exact) mass is 486 g/mol. The molecule has 34 heavy (non-hydrogen) atoms. The fraction of sp³-hybridized carbons (Fsp3) is 0.360. The lowest BCUT2D eigenvalue weighted by molar-refractivity contribution is -0.140. The fourth-order valence-electron chi connectivity index (χ4n) is 4.12. The van der Waals surface area contributed by atoms with Crippen molar-refractivity contribution in [2.45, 2.75) is 31.2 Å². The van der Waals surface area contributed by atoms with Gasteiger partial charge < -0.3 is 14.7 Å². The molecule has 8 nitrogen and oxygen atoms in total. The van der Waals surface area contributed by atoms with Crippen LogP contribution >= 0.6 is 0 Å². The Balaban J connectivity index is 2.05. The first-order valence-electron chi connectivity index (χ1n) is 11.2. The Kier molecular flexibility index (Phi) is 8.24. The number of methoxy groups -OCH3 is 1. The summed E-state index contributed by atoms with van der Waals surface area (Å²) >= 11 is 0. The van der Waals surface area contributed by atoms with Crippen LogP contribution in [-0.2, 0) is 24.3 Å². The van der Waals surface area contributed by atoms with Gasteiger partial charge in [-0.1, -0.05) is 44.2 Å². The number of Topliss-reactive ketones (excluding diaryl/α,β-unsaturated/α-hetero) is 1. The first-order chi connectivity index (χ1) is 16.3. The first kappa shape index (κ1) is 25.6. The molecule has 0 radical (unpaired) electrons. The SMILES string of the molecule is CCN(CC)S(=O)(=O)c1ccc(/C(O)=C2\C(=O)C(=O)N(CCCOC)[C@@H]2c2ccccc2)cc1. The van der Waals surface area contributed by atoms with Crippen LogP contribution in [-0.4, -0.2) is 67.8 Å². The molecule has 1 heterocycles. The minimum atomic E-state index is -3.66. The summed E-state index contributed by atoms with van der Waals surface area (Å²) in [5.41, 5.74) is 0.934. The summed E-state index contributed by atoms with van der Waals surface area (Å²) in [6.07, 6.45) is 0.533. The summed E-state index contributed by atoms with van der Waals surface area (Å²) in [4.78, 5) is 27.4. The Morgan fingerprint density at radius 3 is 2.21 bits per heavy atom. The predicted octanol–water partition coefficient (Wildman–Crippen LogP) is 3.18. The van der Waals surface area contributed by atoms with Gasteiger partial charge in [0.15, 0.2) is 0 Å². The lowest BCUT2D eigenvalue weighted by Crippen LogP contribution is -2.31. The van der Waals surface area contributed by atoms with E-state index in [1.165, 1.54) is 33.5 Å². The smallest absolute Gasteiger partial charge is 0.295 e. The van der Waals surface area contributed by atoms with Crippen molar-refractivity contribution in [1.29, 1.82) is 0 Å². The molecule has 1 N–H and O–H groups in total. The van der Waals surface area contributed by atoms with E-state index in [0.717, 1.165) is 0 Å². The number of rotatable bonds is 10. The van der Waals surface area contributed by atoms with E-state index in [1.807, 2.05) is 6.07 Å². The van der Waals surface area contributed by atoms with Crippen LogP contribution in [0.25, 0.3) is 5.76 Å². The number of hydrogen-bond donors (Lipinski definition) is 1. The second-order valence-corrected chi connectivity index (χ2v) is 9.80. The van der Waals surface area contributed by atoms with Gasteiger partial charge in [-0.05, 0) is 36.2 Å². The first-order valence-corrected chi connectivity index (χ1v) is 12.6. The van der Waals surface area contributed by atoms with Crippen LogP contribution in [0, 0.1) is 0 Å². The zero-order chi connectivity index (χ0) is 24.9. The van der Waals surface area contributed by atoms with E-state index in [-0.39, 0.29) is 28.3 Å². The number of carbonyl (C=O) groups excluding carboxylic acids is 2. The van der Waals surface area contributed by atoms with Crippen molar-refractivity contribution < 1.29 is 27.9 Å². The number of nitrogens with zero attached hydrogens (tertiary/aromatic N) is 2. The predicted molar refractivity (Wildman–Crippen MR) is 128 cm³/mol. The van der Waals surface area contributed by atoms with Crippen LogP contribution in [0.15, 0.2) is 65.1 Å². The summed E-state index contributed by atoms with van der Waals surface area (Å²) in [7, 11) is -2.10. The Bertz CT molecular complexity index is 1160. The number of aliphatic hydroxyl groups excluding tert-OH is 1. The van der Waals surface area contributed by atoms with E-state index < -0.39 is 27.8 Å². The normalized spacial score (nSPS) is 18.1. The molecule has 1 atom stereocenters. The summed E-state index contributed by atoms with van der Waals surface area (Å²) in [5.74, 6) is -1.80. The van der Waals surface area contributed by atoms with Gasteiger partial charge in [0.1, 0.15) is 5.76 Å². The highest BCUT2D eigenvalue weighted by Gasteiger charge is 2.45. The molecule has 0 aromatic heterocycles. The summed E-state index contributed by atoms with van der Waals surface area (Å²) in [6.45, 7) is 4.91. The minimum Gasteiger partial charge on any atom is -0.507 e. The Hall–Kier alpha value is -3.01. The third-order valence-corrected chi connectivity index (χ3v) is 7.94. The maximum Gasteiger partial charge on any atom is 0.295 e. The maximum atomic E-state index is 13.0. The number of aliphatic hydroxyl groups is 1. The molecule has 2 aromatic rings. The van der Waals surface area contributed by atoms with Crippen molar-refractivity contribution in [3.8, 4) is 0 Å². The van der Waals surface area contributed by atoms with Gasteiger partial charge in [0.25, 0.3) is 11.7 Å². The van der Waals surface area contributed by atoms with Gasteiger partial charge in [-0.2, -0.15) is 4.31 Å². The topological polar surface area (TPSA) is 104 Å².